The third kappa shape index (κ3) is 1.63. The zero-order valence-corrected chi connectivity index (χ0v) is 8.03. The molecule has 5 heteroatoms. The van der Waals surface area contributed by atoms with Crippen molar-refractivity contribution in [1.82, 2.24) is 0 Å². The third-order valence-electron chi connectivity index (χ3n) is 2.06. The Balaban J connectivity index is 2.39. The summed E-state index contributed by atoms with van der Waals surface area (Å²) in [5, 5.41) is 2.52. The number of rotatable bonds is 1. The standard InChI is InChI=1S/C10H9N2O3/c1-5-2-3-6-7(4-5)15-8(9(11)13)10(14)12-6/h3-4,8H,1H3,(H2,11,13)(H,12,14). The average Bonchev–Trinajstić information content (AvgIpc) is 2.17. The van der Waals surface area contributed by atoms with E-state index in [2.05, 4.69) is 11.4 Å². The first-order valence-electron chi connectivity index (χ1n) is 4.37. The second-order valence-corrected chi connectivity index (χ2v) is 3.28. The summed E-state index contributed by atoms with van der Waals surface area (Å²) < 4.78 is 5.18. The molecule has 1 radical (unpaired) electrons. The molecule has 0 fully saturated rings. The summed E-state index contributed by atoms with van der Waals surface area (Å²) in [4.78, 5) is 22.2. The Morgan fingerprint density at radius 2 is 2.40 bits per heavy atom. The summed E-state index contributed by atoms with van der Waals surface area (Å²) in [5.74, 6) is -0.912. The molecular weight excluding hydrogens is 196 g/mol. The van der Waals surface area contributed by atoms with Gasteiger partial charge < -0.3 is 15.8 Å². The first-order valence-corrected chi connectivity index (χ1v) is 4.37. The lowest BCUT2D eigenvalue weighted by Gasteiger charge is -2.23. The van der Waals surface area contributed by atoms with Gasteiger partial charge in [0.25, 0.3) is 17.9 Å². The molecule has 1 heterocycles. The molecule has 3 N–H and O–H groups in total. The van der Waals surface area contributed by atoms with Crippen LogP contribution in [0.2, 0.25) is 0 Å². The number of anilines is 1. The minimum Gasteiger partial charge on any atom is -0.468 e. The molecule has 1 aromatic carbocycles. The molecule has 1 aromatic rings. The maximum Gasteiger partial charge on any atom is 0.275 e. The molecule has 0 bridgehead atoms. The van der Waals surface area contributed by atoms with E-state index in [1.807, 2.05) is 6.92 Å². The first-order chi connectivity index (χ1) is 7.08. The minimum atomic E-state index is -1.25. The smallest absolute Gasteiger partial charge is 0.275 e. The van der Waals surface area contributed by atoms with Crippen molar-refractivity contribution >= 4 is 17.5 Å². The van der Waals surface area contributed by atoms with Crippen molar-refractivity contribution in [3.63, 3.8) is 0 Å². The highest BCUT2D eigenvalue weighted by molar-refractivity contribution is 6.10. The highest BCUT2D eigenvalue weighted by Crippen LogP contribution is 2.29. The van der Waals surface area contributed by atoms with Crippen LogP contribution < -0.4 is 15.8 Å². The van der Waals surface area contributed by atoms with Crippen LogP contribution in [0.4, 0.5) is 5.69 Å². The van der Waals surface area contributed by atoms with E-state index >= 15 is 0 Å². The summed E-state index contributed by atoms with van der Waals surface area (Å²) in [6.07, 6.45) is -1.25. The second-order valence-electron chi connectivity index (χ2n) is 3.28. The van der Waals surface area contributed by atoms with Gasteiger partial charge in [0.15, 0.2) is 0 Å². The van der Waals surface area contributed by atoms with Gasteiger partial charge in [0.2, 0.25) is 0 Å². The van der Waals surface area contributed by atoms with E-state index in [1.165, 1.54) is 0 Å². The van der Waals surface area contributed by atoms with Crippen LogP contribution in [-0.2, 0) is 9.59 Å². The number of hydrogen-bond acceptors (Lipinski definition) is 3. The number of fused-ring (bicyclic) bond motifs is 1. The molecule has 2 amide bonds. The maximum absolute atomic E-state index is 11.3. The summed E-state index contributed by atoms with van der Waals surface area (Å²) in [6, 6.07) is 6.20. The number of aryl methyl sites for hydroxylation is 1. The van der Waals surface area contributed by atoms with Gasteiger partial charge in [-0.1, -0.05) is 0 Å². The van der Waals surface area contributed by atoms with E-state index in [0.717, 1.165) is 5.56 Å². The van der Waals surface area contributed by atoms with E-state index in [0.29, 0.717) is 11.4 Å². The number of carbonyl (C=O) groups is 2. The average molecular weight is 205 g/mol. The predicted molar refractivity (Wildman–Crippen MR) is 52.3 cm³/mol. The van der Waals surface area contributed by atoms with Gasteiger partial charge in [-0.3, -0.25) is 9.59 Å². The normalized spacial score (nSPS) is 18.7. The van der Waals surface area contributed by atoms with Crippen molar-refractivity contribution in [3.8, 4) is 5.75 Å². The lowest BCUT2D eigenvalue weighted by atomic mass is 10.1. The van der Waals surface area contributed by atoms with Gasteiger partial charge in [-0.2, -0.15) is 0 Å². The first kappa shape index (κ1) is 9.51. The van der Waals surface area contributed by atoms with E-state index in [9.17, 15) is 9.59 Å². The summed E-state index contributed by atoms with van der Waals surface area (Å²) in [7, 11) is 0. The zero-order valence-electron chi connectivity index (χ0n) is 8.03. The van der Waals surface area contributed by atoms with Crippen LogP contribution in [0.3, 0.4) is 0 Å². The van der Waals surface area contributed by atoms with Gasteiger partial charge in [-0.15, -0.1) is 0 Å². The monoisotopic (exact) mass is 205 g/mol. The molecule has 0 aliphatic carbocycles. The fourth-order valence-corrected chi connectivity index (χ4v) is 1.33. The highest BCUT2D eigenvalue weighted by atomic mass is 16.5. The van der Waals surface area contributed by atoms with Crippen LogP contribution in [0, 0.1) is 13.0 Å². The molecule has 1 aliphatic heterocycles. The number of hydrogen-bond donors (Lipinski definition) is 2. The lowest BCUT2D eigenvalue weighted by molar-refractivity contribution is -0.135. The number of carbonyl (C=O) groups excluding carboxylic acids is 2. The van der Waals surface area contributed by atoms with Gasteiger partial charge in [-0.05, 0) is 30.7 Å². The largest absolute Gasteiger partial charge is 0.468 e. The molecule has 0 saturated carbocycles. The molecular formula is C10H9N2O3. The van der Waals surface area contributed by atoms with E-state index in [4.69, 9.17) is 10.5 Å². The van der Waals surface area contributed by atoms with Gasteiger partial charge >= 0.3 is 0 Å². The van der Waals surface area contributed by atoms with Crippen molar-refractivity contribution in [3.05, 3.63) is 23.8 Å². The Bertz CT molecular complexity index is 442. The van der Waals surface area contributed by atoms with Crippen molar-refractivity contribution < 1.29 is 14.3 Å². The molecule has 77 valence electrons. The second kappa shape index (κ2) is 3.27. The fourth-order valence-electron chi connectivity index (χ4n) is 1.33. The molecule has 1 aliphatic rings. The molecule has 15 heavy (non-hydrogen) atoms. The van der Waals surface area contributed by atoms with Crippen LogP contribution in [0.25, 0.3) is 0 Å². The molecule has 0 spiro atoms. The van der Waals surface area contributed by atoms with Crippen LogP contribution >= 0.6 is 0 Å². The Kier molecular flexibility index (Phi) is 2.07. The number of ether oxygens (including phenoxy) is 1. The van der Waals surface area contributed by atoms with Crippen LogP contribution in [-0.4, -0.2) is 17.9 Å². The Hall–Kier alpha value is -2.04. The van der Waals surface area contributed by atoms with Crippen molar-refractivity contribution in [2.45, 2.75) is 13.0 Å². The van der Waals surface area contributed by atoms with Crippen LogP contribution in [0.15, 0.2) is 12.1 Å². The van der Waals surface area contributed by atoms with E-state index in [1.54, 1.807) is 12.1 Å². The van der Waals surface area contributed by atoms with E-state index in [-0.39, 0.29) is 0 Å². The van der Waals surface area contributed by atoms with Crippen molar-refractivity contribution in [2.24, 2.45) is 5.73 Å². The predicted octanol–water partition coefficient (Wildman–Crippen LogP) is -0.0200. The van der Waals surface area contributed by atoms with E-state index < -0.39 is 17.9 Å². The Morgan fingerprint density at radius 3 is 3.07 bits per heavy atom. The number of primary amides is 1. The third-order valence-corrected chi connectivity index (χ3v) is 2.06. The highest BCUT2D eigenvalue weighted by Gasteiger charge is 2.32. The molecule has 0 saturated heterocycles. The quantitative estimate of drug-likeness (QED) is 0.632. The number of amides is 2. The molecule has 2 rings (SSSR count). The lowest BCUT2D eigenvalue weighted by Crippen LogP contribution is -2.46. The van der Waals surface area contributed by atoms with Crippen molar-refractivity contribution in [2.75, 3.05) is 5.32 Å². The SMILES string of the molecule is Cc1[c]cc2c(c1)OC(C(N)=O)C(=O)N2. The van der Waals surface area contributed by atoms with Gasteiger partial charge in [0, 0.05) is 0 Å². The zero-order chi connectivity index (χ0) is 11.0. The number of benzene rings is 1. The summed E-state index contributed by atoms with van der Waals surface area (Å²) >= 11 is 0. The van der Waals surface area contributed by atoms with Gasteiger partial charge in [0.05, 0.1) is 5.69 Å². The summed E-state index contributed by atoms with van der Waals surface area (Å²) in [6.45, 7) is 1.83. The topological polar surface area (TPSA) is 81.4 Å². The van der Waals surface area contributed by atoms with Gasteiger partial charge in [0.1, 0.15) is 5.75 Å². The molecule has 1 atom stereocenters. The Labute approximate surface area is 86.2 Å². The summed E-state index contributed by atoms with van der Waals surface area (Å²) in [5.41, 5.74) is 6.38. The number of nitrogens with one attached hydrogen (secondary N) is 1. The van der Waals surface area contributed by atoms with Crippen LogP contribution in [0.5, 0.6) is 5.75 Å². The number of nitrogens with two attached hydrogens (primary N) is 1. The molecule has 0 aromatic heterocycles. The minimum absolute atomic E-state index is 0.439. The fraction of sp³-hybridized carbons (Fsp3) is 0.200. The van der Waals surface area contributed by atoms with Crippen LogP contribution in [0.1, 0.15) is 5.56 Å². The maximum atomic E-state index is 11.3. The van der Waals surface area contributed by atoms with Gasteiger partial charge in [-0.25, -0.2) is 0 Å². The molecule has 5 nitrogen and oxygen atoms in total. The van der Waals surface area contributed by atoms with Crippen molar-refractivity contribution in [1.29, 1.82) is 0 Å². The Morgan fingerprint density at radius 1 is 1.67 bits per heavy atom. The molecule has 1 unspecified atom stereocenters.